The summed E-state index contributed by atoms with van der Waals surface area (Å²) >= 11 is 0.858. The number of rotatable bonds is 4. The number of benzene rings is 1. The Hall–Kier alpha value is -3.24. The minimum Gasteiger partial charge on any atom is -0.268 e. The molecule has 1 N–H and O–H groups in total. The molecule has 0 spiro atoms. The van der Waals surface area contributed by atoms with Crippen molar-refractivity contribution in [3.63, 3.8) is 0 Å². The molecule has 6 nitrogen and oxygen atoms in total. The smallest absolute Gasteiger partial charge is 0.268 e. The van der Waals surface area contributed by atoms with E-state index in [4.69, 9.17) is 6.42 Å². The Morgan fingerprint density at radius 2 is 1.96 bits per heavy atom. The van der Waals surface area contributed by atoms with Crippen LogP contribution in [0.1, 0.15) is 27.3 Å². The van der Waals surface area contributed by atoms with E-state index in [-0.39, 0.29) is 17.7 Å². The predicted molar refractivity (Wildman–Crippen MR) is 106 cm³/mol. The van der Waals surface area contributed by atoms with Gasteiger partial charge in [0.2, 0.25) is 0 Å². The van der Waals surface area contributed by atoms with Crippen molar-refractivity contribution >= 4 is 34.9 Å². The third-order valence-electron chi connectivity index (χ3n) is 4.13. The number of hydrogen-bond acceptors (Lipinski definition) is 4. The first kappa shape index (κ1) is 18.5. The van der Waals surface area contributed by atoms with Crippen LogP contribution < -0.4 is 5.43 Å². The summed E-state index contributed by atoms with van der Waals surface area (Å²) in [6.07, 6.45) is 6.85. The summed E-state index contributed by atoms with van der Waals surface area (Å²) < 4.78 is 1.66. The molecule has 1 saturated heterocycles. The Kier molecular flexibility index (Phi) is 5.19. The lowest BCUT2D eigenvalue weighted by molar-refractivity contribution is -0.122. The molecule has 1 aromatic heterocycles. The standard InChI is InChI=1S/C20H17N3O3S/c1-4-10-22-19(25)17(27-20(22)26)12-16-11-13(2)23(14(16)3)21-18(24)15-8-6-5-7-9-15/h1,5-9,11-12H,10H2,2-3H3,(H,21,24)/b17-12-. The molecule has 0 atom stereocenters. The van der Waals surface area contributed by atoms with Crippen molar-refractivity contribution in [3.8, 4) is 12.3 Å². The third-order valence-corrected chi connectivity index (χ3v) is 5.04. The van der Waals surface area contributed by atoms with E-state index in [0.717, 1.165) is 33.6 Å². The van der Waals surface area contributed by atoms with Crippen LogP contribution in [0.15, 0.2) is 41.3 Å². The van der Waals surface area contributed by atoms with Crippen LogP contribution in [-0.4, -0.2) is 33.2 Å². The van der Waals surface area contributed by atoms with Crippen molar-refractivity contribution in [1.29, 1.82) is 0 Å². The number of carbonyl (C=O) groups is 3. The maximum atomic E-state index is 12.4. The lowest BCUT2D eigenvalue weighted by atomic mass is 10.2. The highest BCUT2D eigenvalue weighted by Crippen LogP contribution is 2.32. The molecule has 3 amide bonds. The Morgan fingerprint density at radius 3 is 2.63 bits per heavy atom. The second-order valence-corrected chi connectivity index (χ2v) is 6.93. The maximum Gasteiger partial charge on any atom is 0.294 e. The van der Waals surface area contributed by atoms with Gasteiger partial charge in [0.25, 0.3) is 17.1 Å². The van der Waals surface area contributed by atoms with E-state index < -0.39 is 5.91 Å². The number of aromatic nitrogens is 1. The van der Waals surface area contributed by atoms with Crippen molar-refractivity contribution in [1.82, 2.24) is 9.58 Å². The first-order valence-electron chi connectivity index (χ1n) is 8.16. The zero-order valence-corrected chi connectivity index (χ0v) is 15.7. The zero-order chi connectivity index (χ0) is 19.6. The number of terminal acetylenes is 1. The molecular formula is C20H17N3O3S. The van der Waals surface area contributed by atoms with Crippen LogP contribution >= 0.6 is 11.8 Å². The van der Waals surface area contributed by atoms with E-state index in [9.17, 15) is 14.4 Å². The van der Waals surface area contributed by atoms with Crippen molar-refractivity contribution in [2.24, 2.45) is 0 Å². The van der Waals surface area contributed by atoms with Gasteiger partial charge in [0, 0.05) is 17.0 Å². The Morgan fingerprint density at radius 1 is 1.26 bits per heavy atom. The van der Waals surface area contributed by atoms with Crippen LogP contribution in [0.2, 0.25) is 0 Å². The molecule has 1 aliphatic rings. The van der Waals surface area contributed by atoms with Gasteiger partial charge in [-0.05, 0) is 55.4 Å². The summed E-state index contributed by atoms with van der Waals surface area (Å²) in [5.41, 5.74) is 5.68. The fourth-order valence-electron chi connectivity index (χ4n) is 2.73. The molecule has 7 heteroatoms. The molecule has 2 heterocycles. The molecule has 0 radical (unpaired) electrons. The number of hydrogen-bond donors (Lipinski definition) is 1. The van der Waals surface area contributed by atoms with E-state index in [1.165, 1.54) is 0 Å². The van der Waals surface area contributed by atoms with Gasteiger partial charge in [0.1, 0.15) is 0 Å². The SMILES string of the molecule is C#CCN1C(=O)S/C(=C\c2cc(C)n(NC(=O)c3ccccc3)c2C)C1=O. The lowest BCUT2D eigenvalue weighted by Crippen LogP contribution is -2.28. The fraction of sp³-hybridized carbons (Fsp3) is 0.150. The van der Waals surface area contributed by atoms with Gasteiger partial charge in [-0.1, -0.05) is 24.1 Å². The van der Waals surface area contributed by atoms with Crippen molar-refractivity contribution in [3.05, 3.63) is 63.8 Å². The van der Waals surface area contributed by atoms with Crippen LogP contribution in [0.3, 0.4) is 0 Å². The van der Waals surface area contributed by atoms with Gasteiger partial charge in [-0.3, -0.25) is 29.4 Å². The van der Waals surface area contributed by atoms with Crippen molar-refractivity contribution in [2.45, 2.75) is 13.8 Å². The van der Waals surface area contributed by atoms with E-state index in [2.05, 4.69) is 11.3 Å². The molecule has 3 rings (SSSR count). The highest BCUT2D eigenvalue weighted by atomic mass is 32.2. The highest BCUT2D eigenvalue weighted by Gasteiger charge is 2.34. The summed E-state index contributed by atoms with van der Waals surface area (Å²) in [5, 5.41) is -0.379. The van der Waals surface area contributed by atoms with Gasteiger partial charge in [0.05, 0.1) is 11.4 Å². The van der Waals surface area contributed by atoms with Crippen LogP contribution in [0, 0.1) is 26.2 Å². The predicted octanol–water partition coefficient (Wildman–Crippen LogP) is 3.16. The molecule has 0 aliphatic carbocycles. The number of thioether (sulfide) groups is 1. The zero-order valence-electron chi connectivity index (χ0n) is 14.9. The van der Waals surface area contributed by atoms with Crippen LogP contribution in [0.25, 0.3) is 6.08 Å². The Labute approximate surface area is 161 Å². The normalized spacial score (nSPS) is 15.3. The van der Waals surface area contributed by atoms with Gasteiger partial charge in [-0.15, -0.1) is 6.42 Å². The molecule has 1 fully saturated rings. The van der Waals surface area contributed by atoms with Gasteiger partial charge in [-0.2, -0.15) is 0 Å². The number of carbonyl (C=O) groups excluding carboxylic acids is 3. The van der Waals surface area contributed by atoms with Gasteiger partial charge in [0.15, 0.2) is 0 Å². The molecule has 0 saturated carbocycles. The van der Waals surface area contributed by atoms with E-state index in [1.54, 1.807) is 35.0 Å². The Balaban J connectivity index is 1.86. The third kappa shape index (κ3) is 3.66. The highest BCUT2D eigenvalue weighted by molar-refractivity contribution is 8.18. The molecule has 1 aliphatic heterocycles. The maximum absolute atomic E-state index is 12.4. The van der Waals surface area contributed by atoms with Gasteiger partial charge < -0.3 is 0 Å². The lowest BCUT2D eigenvalue weighted by Gasteiger charge is -2.11. The number of amides is 3. The molecule has 27 heavy (non-hydrogen) atoms. The second kappa shape index (κ2) is 7.56. The van der Waals surface area contributed by atoms with E-state index in [1.807, 2.05) is 26.0 Å². The number of aryl methyl sites for hydroxylation is 1. The fourth-order valence-corrected chi connectivity index (χ4v) is 3.56. The summed E-state index contributed by atoms with van der Waals surface area (Å²) in [7, 11) is 0. The minimum atomic E-state index is -0.402. The first-order chi connectivity index (χ1) is 12.9. The molecule has 0 bridgehead atoms. The van der Waals surface area contributed by atoms with Gasteiger partial charge >= 0.3 is 0 Å². The van der Waals surface area contributed by atoms with Crippen LogP contribution in [0.4, 0.5) is 4.79 Å². The van der Waals surface area contributed by atoms with Gasteiger partial charge in [-0.25, -0.2) is 0 Å². The summed E-state index contributed by atoms with van der Waals surface area (Å²) in [6, 6.07) is 10.7. The van der Waals surface area contributed by atoms with Crippen LogP contribution in [-0.2, 0) is 4.79 Å². The summed E-state index contributed by atoms with van der Waals surface area (Å²) in [5.74, 6) is 1.67. The molecule has 136 valence electrons. The largest absolute Gasteiger partial charge is 0.294 e. The van der Waals surface area contributed by atoms with E-state index in [0.29, 0.717) is 10.5 Å². The van der Waals surface area contributed by atoms with Crippen molar-refractivity contribution in [2.75, 3.05) is 12.0 Å². The Bertz CT molecular complexity index is 999. The summed E-state index contributed by atoms with van der Waals surface area (Å²) in [4.78, 5) is 38.0. The van der Waals surface area contributed by atoms with Crippen LogP contribution in [0.5, 0.6) is 0 Å². The van der Waals surface area contributed by atoms with E-state index >= 15 is 0 Å². The first-order valence-corrected chi connectivity index (χ1v) is 8.98. The monoisotopic (exact) mass is 379 g/mol. The average Bonchev–Trinajstić information content (AvgIpc) is 3.07. The second-order valence-electron chi connectivity index (χ2n) is 5.94. The topological polar surface area (TPSA) is 71.4 Å². The molecular weight excluding hydrogens is 362 g/mol. The summed E-state index contributed by atoms with van der Waals surface area (Å²) in [6.45, 7) is 3.63. The number of nitrogens with one attached hydrogen (secondary N) is 1. The van der Waals surface area contributed by atoms with Crippen molar-refractivity contribution < 1.29 is 14.4 Å². The number of imide groups is 1. The molecule has 0 unspecified atom stereocenters. The quantitative estimate of drug-likeness (QED) is 0.654. The molecule has 2 aromatic rings. The molecule has 1 aromatic carbocycles. The minimum absolute atomic E-state index is 0.0475. The number of nitrogens with zero attached hydrogens (tertiary/aromatic N) is 2. The average molecular weight is 379 g/mol.